The van der Waals surface area contributed by atoms with Crippen LogP contribution in [0.4, 0.5) is 0 Å². The van der Waals surface area contributed by atoms with E-state index in [1.807, 2.05) is 6.92 Å². The van der Waals surface area contributed by atoms with Crippen LogP contribution in [0.1, 0.15) is 36.7 Å². The van der Waals surface area contributed by atoms with Crippen LogP contribution in [0.25, 0.3) is 0 Å². The van der Waals surface area contributed by atoms with Gasteiger partial charge in [-0.25, -0.2) is 4.98 Å². The molecule has 0 aliphatic rings. The molecule has 0 unspecified atom stereocenters. The highest BCUT2D eigenvalue weighted by Crippen LogP contribution is 2.00. The lowest BCUT2D eigenvalue weighted by atomic mass is 10.3. The molecule has 0 aromatic carbocycles. The quantitative estimate of drug-likeness (QED) is 0.718. The van der Waals surface area contributed by atoms with E-state index in [0.29, 0.717) is 19.8 Å². The number of nitrogens with zero attached hydrogens (tertiary/aromatic N) is 3. The highest BCUT2D eigenvalue weighted by molar-refractivity contribution is 5.90. The van der Waals surface area contributed by atoms with Crippen molar-refractivity contribution < 1.29 is 9.53 Å². The van der Waals surface area contributed by atoms with Gasteiger partial charge in [-0.3, -0.25) is 9.89 Å². The van der Waals surface area contributed by atoms with Gasteiger partial charge in [-0.2, -0.15) is 0 Å². The molecule has 0 aliphatic heterocycles. The van der Waals surface area contributed by atoms with Gasteiger partial charge in [-0.1, -0.05) is 6.92 Å². The van der Waals surface area contributed by atoms with Gasteiger partial charge in [0.05, 0.1) is 6.61 Å². The van der Waals surface area contributed by atoms with Crippen LogP contribution in [0.15, 0.2) is 0 Å². The van der Waals surface area contributed by atoms with Gasteiger partial charge < -0.3 is 9.64 Å². The molecule has 0 aliphatic carbocycles. The van der Waals surface area contributed by atoms with E-state index >= 15 is 0 Å². The van der Waals surface area contributed by atoms with E-state index < -0.39 is 0 Å². The van der Waals surface area contributed by atoms with Crippen molar-refractivity contribution >= 4 is 5.91 Å². The van der Waals surface area contributed by atoms with Crippen LogP contribution in [0, 0.1) is 0 Å². The Morgan fingerprint density at radius 3 is 2.88 bits per heavy atom. The van der Waals surface area contributed by atoms with Gasteiger partial charge in [-0.15, -0.1) is 5.10 Å². The molecule has 0 saturated heterocycles. The number of rotatable bonds is 7. The molecule has 1 aromatic rings. The lowest BCUT2D eigenvalue weighted by Gasteiger charge is -2.14. The number of nitrogens with one attached hydrogen (secondary N) is 1. The second kappa shape index (κ2) is 7.01. The molecule has 1 heterocycles. The maximum atomic E-state index is 11.9. The van der Waals surface area contributed by atoms with E-state index in [0.717, 1.165) is 18.7 Å². The fraction of sp³-hybridized carbons (Fsp3) is 0.727. The summed E-state index contributed by atoms with van der Waals surface area (Å²) < 4.78 is 5.19. The van der Waals surface area contributed by atoms with Crippen LogP contribution in [0.5, 0.6) is 0 Å². The van der Waals surface area contributed by atoms with E-state index in [4.69, 9.17) is 4.74 Å². The fourth-order valence-electron chi connectivity index (χ4n) is 1.36. The van der Waals surface area contributed by atoms with Crippen molar-refractivity contribution in [1.29, 1.82) is 0 Å². The summed E-state index contributed by atoms with van der Waals surface area (Å²) in [6, 6.07) is 0. The van der Waals surface area contributed by atoms with Gasteiger partial charge in [0.2, 0.25) is 5.82 Å². The van der Waals surface area contributed by atoms with Crippen LogP contribution in [0.2, 0.25) is 0 Å². The van der Waals surface area contributed by atoms with E-state index in [9.17, 15) is 4.79 Å². The number of aryl methyl sites for hydroxylation is 1. The van der Waals surface area contributed by atoms with Gasteiger partial charge >= 0.3 is 0 Å². The monoisotopic (exact) mass is 240 g/mol. The minimum Gasteiger partial charge on any atom is -0.380 e. The number of ether oxygens (including phenoxy) is 1. The van der Waals surface area contributed by atoms with Crippen LogP contribution in [-0.2, 0) is 11.2 Å². The summed E-state index contributed by atoms with van der Waals surface area (Å²) in [7, 11) is 1.72. The molecular formula is C11H20N4O2. The molecule has 96 valence electrons. The summed E-state index contributed by atoms with van der Waals surface area (Å²) in [6.07, 6.45) is 1.78. The summed E-state index contributed by atoms with van der Waals surface area (Å²) in [4.78, 5) is 17.6. The lowest BCUT2D eigenvalue weighted by molar-refractivity contribution is 0.0699. The summed E-state index contributed by atoms with van der Waals surface area (Å²) in [5.41, 5.74) is 0. The van der Waals surface area contributed by atoms with E-state index in [1.165, 1.54) is 0 Å². The summed E-state index contributed by atoms with van der Waals surface area (Å²) in [5, 5.41) is 6.69. The first kappa shape index (κ1) is 13.6. The first-order valence-corrected chi connectivity index (χ1v) is 5.93. The first-order chi connectivity index (χ1) is 8.19. The minimum atomic E-state index is -0.177. The van der Waals surface area contributed by atoms with Crippen molar-refractivity contribution in [3.8, 4) is 0 Å². The largest absolute Gasteiger partial charge is 0.380 e. The Hall–Kier alpha value is -1.43. The maximum Gasteiger partial charge on any atom is 0.293 e. The topological polar surface area (TPSA) is 71.1 Å². The Balaban J connectivity index is 2.49. The standard InChI is InChI=1S/C11H20N4O2/c1-4-6-9-12-10(14-13-9)11(16)15(3)7-8-17-5-2/h4-8H2,1-3H3,(H,12,13,14). The predicted molar refractivity (Wildman–Crippen MR) is 63.8 cm³/mol. The number of amides is 1. The zero-order chi connectivity index (χ0) is 12.7. The number of aromatic amines is 1. The second-order valence-corrected chi connectivity index (χ2v) is 3.78. The zero-order valence-corrected chi connectivity index (χ0v) is 10.7. The fourth-order valence-corrected chi connectivity index (χ4v) is 1.36. The molecule has 0 spiro atoms. The molecule has 17 heavy (non-hydrogen) atoms. The third kappa shape index (κ3) is 4.14. The van der Waals surface area contributed by atoms with Gasteiger partial charge in [0.25, 0.3) is 5.91 Å². The second-order valence-electron chi connectivity index (χ2n) is 3.78. The number of hydrogen-bond acceptors (Lipinski definition) is 4. The molecule has 0 bridgehead atoms. The Labute approximate surface area is 101 Å². The Kier molecular flexibility index (Phi) is 5.62. The molecule has 0 radical (unpaired) electrons. The predicted octanol–water partition coefficient (Wildman–Crippen LogP) is 0.866. The number of hydrogen-bond donors (Lipinski definition) is 1. The molecular weight excluding hydrogens is 220 g/mol. The molecule has 0 saturated carbocycles. The van der Waals surface area contributed by atoms with Gasteiger partial charge in [-0.05, 0) is 13.3 Å². The molecule has 1 rings (SSSR count). The molecule has 6 nitrogen and oxygen atoms in total. The summed E-state index contributed by atoms with van der Waals surface area (Å²) in [6.45, 7) is 5.71. The highest BCUT2D eigenvalue weighted by Gasteiger charge is 2.16. The number of likely N-dealkylation sites (N-methyl/N-ethyl adjacent to an activating group) is 1. The van der Waals surface area contributed by atoms with E-state index in [1.54, 1.807) is 11.9 Å². The van der Waals surface area contributed by atoms with Crippen LogP contribution < -0.4 is 0 Å². The average Bonchev–Trinajstić information content (AvgIpc) is 2.77. The molecule has 0 atom stereocenters. The summed E-state index contributed by atoms with van der Waals surface area (Å²) in [5.74, 6) is 0.810. The van der Waals surface area contributed by atoms with E-state index in [-0.39, 0.29) is 11.7 Å². The zero-order valence-electron chi connectivity index (χ0n) is 10.7. The van der Waals surface area contributed by atoms with Crippen LogP contribution in [-0.4, -0.2) is 52.8 Å². The smallest absolute Gasteiger partial charge is 0.293 e. The van der Waals surface area contributed by atoms with Crippen LogP contribution in [0.3, 0.4) is 0 Å². The molecule has 1 aromatic heterocycles. The normalized spacial score (nSPS) is 10.5. The molecule has 6 heteroatoms. The van der Waals surface area contributed by atoms with Gasteiger partial charge in [0.1, 0.15) is 5.82 Å². The third-order valence-electron chi connectivity index (χ3n) is 2.33. The van der Waals surface area contributed by atoms with Crippen molar-refractivity contribution in [3.05, 3.63) is 11.6 Å². The molecule has 1 N–H and O–H groups in total. The average molecular weight is 240 g/mol. The van der Waals surface area contributed by atoms with Crippen molar-refractivity contribution in [2.45, 2.75) is 26.7 Å². The van der Waals surface area contributed by atoms with E-state index in [2.05, 4.69) is 22.1 Å². The van der Waals surface area contributed by atoms with Gasteiger partial charge in [0, 0.05) is 26.6 Å². The number of H-pyrrole nitrogens is 1. The number of carbonyl (C=O) groups excluding carboxylic acids is 1. The maximum absolute atomic E-state index is 11.9. The van der Waals surface area contributed by atoms with Crippen LogP contribution >= 0.6 is 0 Å². The van der Waals surface area contributed by atoms with Crippen molar-refractivity contribution in [3.63, 3.8) is 0 Å². The first-order valence-electron chi connectivity index (χ1n) is 5.93. The lowest BCUT2D eigenvalue weighted by Crippen LogP contribution is -2.31. The minimum absolute atomic E-state index is 0.177. The Morgan fingerprint density at radius 1 is 1.47 bits per heavy atom. The summed E-state index contributed by atoms with van der Waals surface area (Å²) >= 11 is 0. The Morgan fingerprint density at radius 2 is 2.24 bits per heavy atom. The SMILES string of the molecule is CCCc1nc(C(=O)N(C)CCOCC)n[nH]1. The third-order valence-corrected chi connectivity index (χ3v) is 2.33. The number of aromatic nitrogens is 3. The molecule has 0 fully saturated rings. The molecule has 1 amide bonds. The van der Waals surface area contributed by atoms with Crippen molar-refractivity contribution in [2.75, 3.05) is 26.8 Å². The number of carbonyl (C=O) groups is 1. The van der Waals surface area contributed by atoms with Gasteiger partial charge in [0.15, 0.2) is 0 Å². The van der Waals surface area contributed by atoms with Crippen molar-refractivity contribution in [1.82, 2.24) is 20.1 Å². The highest BCUT2D eigenvalue weighted by atomic mass is 16.5. The Bertz CT molecular complexity index is 351. The van der Waals surface area contributed by atoms with Crippen molar-refractivity contribution in [2.24, 2.45) is 0 Å².